The first-order valence-electron chi connectivity index (χ1n) is 13.2. The number of para-hydroxylation sites is 1. The highest BCUT2D eigenvalue weighted by molar-refractivity contribution is 9.10. The molecule has 0 aliphatic heterocycles. The van der Waals surface area contributed by atoms with Gasteiger partial charge in [-0.1, -0.05) is 87.3 Å². The Morgan fingerprint density at radius 1 is 0.921 bits per heavy atom. The lowest BCUT2D eigenvalue weighted by Crippen LogP contribution is -2.30. The highest BCUT2D eigenvalue weighted by Gasteiger charge is 2.22. The van der Waals surface area contributed by atoms with E-state index < -0.39 is 6.03 Å². The van der Waals surface area contributed by atoms with Crippen molar-refractivity contribution >= 4 is 44.4 Å². The number of pyridine rings is 2. The molecule has 0 unspecified atom stereocenters. The predicted molar refractivity (Wildman–Crippen MR) is 161 cm³/mol. The molecule has 2 N–H and O–H groups in total. The maximum atomic E-state index is 14.0. The molecular formula is C31H35BrN4O2. The summed E-state index contributed by atoms with van der Waals surface area (Å²) in [6.45, 7) is 11.0. The summed E-state index contributed by atoms with van der Waals surface area (Å²) >= 11 is 3.50. The number of nitrogens with one attached hydrogen (secondary N) is 2. The Labute approximate surface area is 232 Å². The van der Waals surface area contributed by atoms with Crippen LogP contribution in [0.25, 0.3) is 22.2 Å². The van der Waals surface area contributed by atoms with Crippen LogP contribution in [0.1, 0.15) is 70.4 Å². The topological polar surface area (TPSA) is 76.0 Å². The van der Waals surface area contributed by atoms with E-state index >= 15 is 0 Å². The van der Waals surface area contributed by atoms with Crippen LogP contribution in [0.2, 0.25) is 0 Å². The molecule has 2 aromatic heterocycles. The summed E-state index contributed by atoms with van der Waals surface area (Å²) in [4.78, 5) is 32.1. The van der Waals surface area contributed by atoms with Crippen LogP contribution in [-0.2, 0) is 6.54 Å². The van der Waals surface area contributed by atoms with Crippen LogP contribution >= 0.6 is 15.9 Å². The van der Waals surface area contributed by atoms with Crippen molar-refractivity contribution in [2.24, 2.45) is 0 Å². The molecule has 0 aliphatic rings. The maximum absolute atomic E-state index is 14.0. The molecule has 0 spiro atoms. The highest BCUT2D eigenvalue weighted by Crippen LogP contribution is 2.35. The van der Waals surface area contributed by atoms with Crippen LogP contribution < -0.4 is 16.2 Å². The van der Waals surface area contributed by atoms with E-state index in [1.54, 1.807) is 10.8 Å². The Morgan fingerprint density at radius 2 is 1.55 bits per heavy atom. The summed E-state index contributed by atoms with van der Waals surface area (Å²) in [6, 6.07) is 17.2. The number of fused-ring (bicyclic) bond motifs is 1. The lowest BCUT2D eigenvalue weighted by Gasteiger charge is -2.21. The van der Waals surface area contributed by atoms with E-state index in [-0.39, 0.29) is 23.1 Å². The van der Waals surface area contributed by atoms with Gasteiger partial charge >= 0.3 is 6.03 Å². The number of aryl methyl sites for hydroxylation is 1. The molecular weight excluding hydrogens is 540 g/mol. The maximum Gasteiger partial charge on any atom is 0.323 e. The number of amides is 2. The number of carbonyl (C=O) groups is 1. The second-order valence-corrected chi connectivity index (χ2v) is 11.1. The molecule has 0 saturated heterocycles. The molecule has 0 radical (unpaired) electrons. The van der Waals surface area contributed by atoms with Gasteiger partial charge in [-0.05, 0) is 59.2 Å². The van der Waals surface area contributed by atoms with Crippen LogP contribution in [0.4, 0.5) is 16.2 Å². The Morgan fingerprint density at radius 3 is 2.16 bits per heavy atom. The standard InChI is InChI=1S/C31H35BrN4O2/c1-6-7-18-36-29-25(12-9-17-33-29)26(21-13-15-22(32)16-14-21)28(30(36)37)35-31(38)34-27-23(19(2)3)10-8-11-24(27)20(4)5/h8-17,19-20H,6-7,18H2,1-5H3,(H2,34,35,38). The quantitative estimate of drug-likeness (QED) is 0.221. The van der Waals surface area contributed by atoms with Gasteiger partial charge < -0.3 is 10.6 Å². The van der Waals surface area contributed by atoms with Crippen molar-refractivity contribution < 1.29 is 4.79 Å². The molecule has 0 saturated carbocycles. The number of unbranched alkanes of at least 4 members (excludes halogenated alkanes) is 1. The van der Waals surface area contributed by atoms with Crippen molar-refractivity contribution in [3.8, 4) is 11.1 Å². The van der Waals surface area contributed by atoms with E-state index in [0.717, 1.165) is 45.1 Å². The summed E-state index contributed by atoms with van der Waals surface area (Å²) in [7, 11) is 0. The number of hydrogen-bond acceptors (Lipinski definition) is 3. The molecule has 0 atom stereocenters. The second kappa shape index (κ2) is 11.9. The third kappa shape index (κ3) is 5.68. The Bertz CT molecular complexity index is 1480. The monoisotopic (exact) mass is 574 g/mol. The van der Waals surface area contributed by atoms with Gasteiger partial charge in [-0.15, -0.1) is 0 Å². The van der Waals surface area contributed by atoms with Gasteiger partial charge in [-0.25, -0.2) is 9.78 Å². The molecule has 0 fully saturated rings. The third-order valence-electron chi connectivity index (χ3n) is 6.74. The van der Waals surface area contributed by atoms with E-state index in [2.05, 4.69) is 66.2 Å². The summed E-state index contributed by atoms with van der Waals surface area (Å²) < 4.78 is 2.61. The molecule has 0 bridgehead atoms. The van der Waals surface area contributed by atoms with E-state index in [1.807, 2.05) is 54.6 Å². The Balaban J connectivity index is 1.88. The van der Waals surface area contributed by atoms with Crippen molar-refractivity contribution in [1.82, 2.24) is 9.55 Å². The van der Waals surface area contributed by atoms with Crippen molar-refractivity contribution in [2.75, 3.05) is 10.6 Å². The highest BCUT2D eigenvalue weighted by atomic mass is 79.9. The third-order valence-corrected chi connectivity index (χ3v) is 7.27. The molecule has 198 valence electrons. The smallest absolute Gasteiger partial charge is 0.307 e. The minimum atomic E-state index is -0.444. The number of carbonyl (C=O) groups excluding carboxylic acids is 1. The minimum absolute atomic E-state index is 0.223. The minimum Gasteiger partial charge on any atom is -0.307 e. The van der Waals surface area contributed by atoms with Gasteiger partial charge in [0.1, 0.15) is 11.3 Å². The first-order chi connectivity index (χ1) is 18.2. The number of benzene rings is 2. The first-order valence-corrected chi connectivity index (χ1v) is 14.0. The largest absolute Gasteiger partial charge is 0.323 e. The first kappa shape index (κ1) is 27.6. The number of hydrogen-bond donors (Lipinski definition) is 2. The molecule has 2 aromatic carbocycles. The lowest BCUT2D eigenvalue weighted by atomic mass is 9.93. The molecule has 4 aromatic rings. The Kier molecular flexibility index (Phi) is 8.67. The van der Waals surface area contributed by atoms with E-state index in [1.165, 1.54) is 0 Å². The van der Waals surface area contributed by atoms with Gasteiger partial charge in [0.25, 0.3) is 5.56 Å². The number of anilines is 2. The SMILES string of the molecule is CCCCn1c(=O)c(NC(=O)Nc2c(C(C)C)cccc2C(C)C)c(-c2ccc(Br)cc2)c2cccnc21. The van der Waals surface area contributed by atoms with Gasteiger partial charge in [0.2, 0.25) is 0 Å². The predicted octanol–water partition coefficient (Wildman–Crippen LogP) is 8.52. The Hall–Kier alpha value is -3.45. The lowest BCUT2D eigenvalue weighted by molar-refractivity contribution is 0.262. The molecule has 7 heteroatoms. The average molecular weight is 576 g/mol. The fourth-order valence-corrected chi connectivity index (χ4v) is 5.05. The van der Waals surface area contributed by atoms with Gasteiger partial charge in [-0.2, -0.15) is 0 Å². The van der Waals surface area contributed by atoms with Crippen molar-refractivity contribution in [1.29, 1.82) is 0 Å². The van der Waals surface area contributed by atoms with E-state index in [9.17, 15) is 9.59 Å². The second-order valence-electron chi connectivity index (χ2n) is 10.1. The summed E-state index contributed by atoms with van der Waals surface area (Å²) in [5.41, 5.74) is 5.00. The fourth-order valence-electron chi connectivity index (χ4n) is 4.79. The summed E-state index contributed by atoms with van der Waals surface area (Å²) in [5.74, 6) is 0.445. The number of urea groups is 1. The zero-order valence-electron chi connectivity index (χ0n) is 22.6. The normalized spacial score (nSPS) is 11.4. The van der Waals surface area contributed by atoms with E-state index in [0.29, 0.717) is 17.8 Å². The molecule has 2 amide bonds. The van der Waals surface area contributed by atoms with Crippen molar-refractivity contribution in [3.63, 3.8) is 0 Å². The zero-order chi connectivity index (χ0) is 27.4. The van der Waals surface area contributed by atoms with Crippen LogP contribution in [0.5, 0.6) is 0 Å². The number of rotatable bonds is 8. The molecule has 0 aliphatic carbocycles. The summed E-state index contributed by atoms with van der Waals surface area (Å²) in [6.07, 6.45) is 3.46. The van der Waals surface area contributed by atoms with Gasteiger partial charge in [0.05, 0.1) is 0 Å². The fraction of sp³-hybridized carbons (Fsp3) is 0.323. The molecule has 38 heavy (non-hydrogen) atoms. The molecule has 2 heterocycles. The zero-order valence-corrected chi connectivity index (χ0v) is 24.2. The van der Waals surface area contributed by atoms with Crippen LogP contribution in [0, 0.1) is 0 Å². The van der Waals surface area contributed by atoms with Gasteiger partial charge in [0, 0.05) is 33.9 Å². The molecule has 6 nitrogen and oxygen atoms in total. The van der Waals surface area contributed by atoms with Crippen molar-refractivity contribution in [2.45, 2.75) is 65.8 Å². The van der Waals surface area contributed by atoms with Gasteiger partial charge in [-0.3, -0.25) is 9.36 Å². The number of aromatic nitrogens is 2. The van der Waals surface area contributed by atoms with E-state index in [4.69, 9.17) is 0 Å². The van der Waals surface area contributed by atoms with Crippen LogP contribution in [0.15, 0.2) is 70.1 Å². The van der Waals surface area contributed by atoms with Gasteiger partial charge in [0.15, 0.2) is 0 Å². The number of halogens is 1. The summed E-state index contributed by atoms with van der Waals surface area (Å²) in [5, 5.41) is 6.86. The van der Waals surface area contributed by atoms with Crippen molar-refractivity contribution in [3.05, 3.63) is 86.7 Å². The van der Waals surface area contributed by atoms with Crippen LogP contribution in [-0.4, -0.2) is 15.6 Å². The molecule has 4 rings (SSSR count). The van der Waals surface area contributed by atoms with Crippen LogP contribution in [0.3, 0.4) is 0 Å². The number of nitrogens with zero attached hydrogens (tertiary/aromatic N) is 2. The average Bonchev–Trinajstić information content (AvgIpc) is 2.89.